The highest BCUT2D eigenvalue weighted by Crippen LogP contribution is 2.31. The van der Waals surface area contributed by atoms with E-state index in [-0.39, 0.29) is 28.7 Å². The highest BCUT2D eigenvalue weighted by molar-refractivity contribution is 6.25. The van der Waals surface area contributed by atoms with Crippen LogP contribution in [0, 0.1) is 10.1 Å². The van der Waals surface area contributed by atoms with Gasteiger partial charge in [0.1, 0.15) is 5.75 Å². The molecule has 0 unspecified atom stereocenters. The fraction of sp³-hybridized carbons (Fsp3) is 0.0588. The van der Waals surface area contributed by atoms with Crippen LogP contribution in [0.2, 0.25) is 0 Å². The highest BCUT2D eigenvalue weighted by atomic mass is 16.6. The number of allylic oxidation sites excluding steroid dienone is 2. The van der Waals surface area contributed by atoms with Crippen molar-refractivity contribution in [1.29, 1.82) is 0 Å². The van der Waals surface area contributed by atoms with E-state index in [2.05, 4.69) is 5.32 Å². The number of fused-ring (bicyclic) bond motifs is 1. The predicted octanol–water partition coefficient (Wildman–Crippen LogP) is 2.98. The summed E-state index contributed by atoms with van der Waals surface area (Å²) in [6.45, 7) is 0. The number of anilines is 1. The number of nitro groups is 1. The molecule has 1 aliphatic rings. The second kappa shape index (κ2) is 5.96. The number of carbonyl (C=O) groups is 2. The summed E-state index contributed by atoms with van der Waals surface area (Å²) in [4.78, 5) is 34.9. The van der Waals surface area contributed by atoms with Crippen molar-refractivity contribution < 1.29 is 19.2 Å². The molecule has 2 aromatic carbocycles. The predicted molar refractivity (Wildman–Crippen MR) is 86.5 cm³/mol. The van der Waals surface area contributed by atoms with Crippen molar-refractivity contribution in [3.8, 4) is 5.75 Å². The van der Waals surface area contributed by atoms with Gasteiger partial charge in [0.2, 0.25) is 5.78 Å². The molecule has 0 bridgehead atoms. The molecular formula is C17H12N2O5. The smallest absolute Gasteiger partial charge is 0.273 e. The van der Waals surface area contributed by atoms with Gasteiger partial charge in [0.25, 0.3) is 5.69 Å². The van der Waals surface area contributed by atoms with Gasteiger partial charge >= 0.3 is 0 Å². The van der Waals surface area contributed by atoms with Crippen LogP contribution < -0.4 is 10.1 Å². The first-order chi connectivity index (χ1) is 11.5. The van der Waals surface area contributed by atoms with Gasteiger partial charge in [-0.15, -0.1) is 0 Å². The summed E-state index contributed by atoms with van der Waals surface area (Å²) in [5.74, 6) is -0.414. The van der Waals surface area contributed by atoms with E-state index >= 15 is 0 Å². The average Bonchev–Trinajstić information content (AvgIpc) is 2.59. The largest absolute Gasteiger partial charge is 0.494 e. The van der Waals surface area contributed by atoms with Gasteiger partial charge < -0.3 is 10.1 Å². The van der Waals surface area contributed by atoms with Crippen LogP contribution in [-0.4, -0.2) is 23.6 Å². The van der Waals surface area contributed by atoms with Crippen LogP contribution in [0.3, 0.4) is 0 Å². The van der Waals surface area contributed by atoms with Gasteiger partial charge in [-0.05, 0) is 6.07 Å². The molecule has 0 aromatic heterocycles. The van der Waals surface area contributed by atoms with E-state index in [0.717, 1.165) is 0 Å². The van der Waals surface area contributed by atoms with Gasteiger partial charge in [-0.1, -0.05) is 24.3 Å². The molecule has 0 aliphatic heterocycles. The molecular weight excluding hydrogens is 312 g/mol. The lowest BCUT2D eigenvalue weighted by molar-refractivity contribution is -0.384. The summed E-state index contributed by atoms with van der Waals surface area (Å²) in [7, 11) is 1.36. The molecule has 7 nitrogen and oxygen atoms in total. The number of Topliss-reactive ketones (excluding diaryl/α,β-unsaturated/α-hetero) is 1. The van der Waals surface area contributed by atoms with Crippen LogP contribution in [0.4, 0.5) is 11.4 Å². The number of methoxy groups -OCH3 is 1. The molecule has 0 saturated carbocycles. The summed E-state index contributed by atoms with van der Waals surface area (Å²) >= 11 is 0. The Morgan fingerprint density at radius 3 is 2.46 bits per heavy atom. The van der Waals surface area contributed by atoms with Gasteiger partial charge in [0.15, 0.2) is 5.78 Å². The third-order valence-electron chi connectivity index (χ3n) is 3.62. The second-order valence-corrected chi connectivity index (χ2v) is 5.06. The zero-order chi connectivity index (χ0) is 17.3. The number of ether oxygens (including phenoxy) is 1. The third-order valence-corrected chi connectivity index (χ3v) is 3.62. The van der Waals surface area contributed by atoms with E-state index < -0.39 is 4.92 Å². The number of carbonyl (C=O) groups excluding carboxylic acids is 2. The van der Waals surface area contributed by atoms with Gasteiger partial charge in [0, 0.05) is 23.3 Å². The number of non-ortho nitro benzene ring substituents is 1. The molecule has 2 aromatic rings. The number of hydrogen-bond donors (Lipinski definition) is 1. The minimum Gasteiger partial charge on any atom is -0.494 e. The van der Waals surface area contributed by atoms with Crippen LogP contribution in [0.15, 0.2) is 54.2 Å². The lowest BCUT2D eigenvalue weighted by Crippen LogP contribution is -2.21. The van der Waals surface area contributed by atoms with Gasteiger partial charge in [0.05, 0.1) is 29.5 Å². The molecule has 0 atom stereocenters. The van der Waals surface area contributed by atoms with Crippen LogP contribution in [0.5, 0.6) is 5.75 Å². The summed E-state index contributed by atoms with van der Waals surface area (Å²) in [6.07, 6.45) is 1.21. The fourth-order valence-electron chi connectivity index (χ4n) is 2.45. The zero-order valence-electron chi connectivity index (χ0n) is 12.6. The quantitative estimate of drug-likeness (QED) is 0.685. The molecule has 24 heavy (non-hydrogen) atoms. The Morgan fingerprint density at radius 2 is 1.79 bits per heavy atom. The molecule has 0 saturated heterocycles. The first kappa shape index (κ1) is 15.4. The fourth-order valence-corrected chi connectivity index (χ4v) is 2.45. The Balaban J connectivity index is 1.96. The summed E-state index contributed by atoms with van der Waals surface area (Å²) < 4.78 is 5.12. The minimum absolute atomic E-state index is 0.0888. The molecule has 0 heterocycles. The molecule has 1 aliphatic carbocycles. The maximum Gasteiger partial charge on any atom is 0.273 e. The van der Waals surface area contributed by atoms with E-state index in [9.17, 15) is 19.7 Å². The molecule has 3 rings (SSSR count). The third kappa shape index (κ3) is 2.63. The van der Waals surface area contributed by atoms with Crippen molar-refractivity contribution in [2.45, 2.75) is 0 Å². The number of ketones is 2. The Hall–Kier alpha value is -3.48. The molecule has 1 N–H and O–H groups in total. The van der Waals surface area contributed by atoms with Crippen LogP contribution in [-0.2, 0) is 0 Å². The molecule has 0 fully saturated rings. The first-order valence-corrected chi connectivity index (χ1v) is 7.00. The second-order valence-electron chi connectivity index (χ2n) is 5.06. The number of hydrogen-bond acceptors (Lipinski definition) is 6. The minimum atomic E-state index is -0.545. The Morgan fingerprint density at radius 1 is 1.08 bits per heavy atom. The Labute approximate surface area is 136 Å². The zero-order valence-corrected chi connectivity index (χ0v) is 12.6. The molecule has 0 radical (unpaired) electrons. The first-order valence-electron chi connectivity index (χ1n) is 7.00. The van der Waals surface area contributed by atoms with Crippen LogP contribution in [0.25, 0.3) is 0 Å². The Bertz CT molecular complexity index is 902. The lowest BCUT2D eigenvalue weighted by atomic mass is 9.92. The monoisotopic (exact) mass is 324 g/mol. The van der Waals surface area contributed by atoms with Crippen molar-refractivity contribution in [3.05, 3.63) is 75.5 Å². The van der Waals surface area contributed by atoms with Crippen molar-refractivity contribution >= 4 is 22.9 Å². The van der Waals surface area contributed by atoms with Gasteiger partial charge in [-0.25, -0.2) is 0 Å². The van der Waals surface area contributed by atoms with Crippen LogP contribution >= 0.6 is 0 Å². The molecule has 0 amide bonds. The maximum absolute atomic E-state index is 12.5. The van der Waals surface area contributed by atoms with Crippen molar-refractivity contribution in [2.75, 3.05) is 12.4 Å². The summed E-state index contributed by atoms with van der Waals surface area (Å²) in [6, 6.07) is 10.5. The van der Waals surface area contributed by atoms with Gasteiger partial charge in [-0.3, -0.25) is 19.7 Å². The van der Waals surface area contributed by atoms with Crippen molar-refractivity contribution in [1.82, 2.24) is 0 Å². The number of rotatable bonds is 4. The number of benzene rings is 2. The van der Waals surface area contributed by atoms with E-state index in [1.165, 1.54) is 31.4 Å². The van der Waals surface area contributed by atoms with E-state index in [0.29, 0.717) is 16.8 Å². The van der Waals surface area contributed by atoms with Crippen molar-refractivity contribution in [2.24, 2.45) is 0 Å². The lowest BCUT2D eigenvalue weighted by Gasteiger charge is -2.17. The van der Waals surface area contributed by atoms with Crippen molar-refractivity contribution in [3.63, 3.8) is 0 Å². The number of nitrogens with one attached hydrogen (secondary N) is 1. The molecule has 7 heteroatoms. The number of nitrogens with zero attached hydrogens (tertiary/aromatic N) is 1. The normalized spacial score (nSPS) is 13.1. The maximum atomic E-state index is 12.5. The average molecular weight is 324 g/mol. The summed E-state index contributed by atoms with van der Waals surface area (Å²) in [5.41, 5.74) is 0.973. The highest BCUT2D eigenvalue weighted by Gasteiger charge is 2.26. The summed E-state index contributed by atoms with van der Waals surface area (Å²) in [5, 5.41) is 13.7. The van der Waals surface area contributed by atoms with Crippen LogP contribution in [0.1, 0.15) is 20.7 Å². The SMILES string of the molecule is COc1cc([N+](=O)[O-])ccc1NC1=CC(=O)c2ccccc2C1=O. The molecule has 0 spiro atoms. The van der Waals surface area contributed by atoms with Gasteiger partial charge in [-0.2, -0.15) is 0 Å². The topological polar surface area (TPSA) is 98.5 Å². The Kier molecular flexibility index (Phi) is 3.83. The van der Waals surface area contributed by atoms with E-state index in [4.69, 9.17) is 4.74 Å². The van der Waals surface area contributed by atoms with E-state index in [1.807, 2.05) is 0 Å². The standard InChI is InChI=1S/C17H12N2O5/c1-24-16-8-10(19(22)23)6-7-13(16)18-14-9-15(20)11-4-2-3-5-12(11)17(14)21/h2-9,18H,1H3. The molecule has 120 valence electrons. The van der Waals surface area contributed by atoms with E-state index in [1.54, 1.807) is 24.3 Å². The number of nitro benzene ring substituents is 1.